The molecule has 0 spiro atoms. The second-order valence-corrected chi connectivity index (χ2v) is 6.64. The van der Waals surface area contributed by atoms with Crippen LogP contribution in [0.1, 0.15) is 30.9 Å². The lowest BCUT2D eigenvalue weighted by Gasteiger charge is -2.11. The third-order valence-electron chi connectivity index (χ3n) is 3.13. The van der Waals surface area contributed by atoms with E-state index in [9.17, 15) is 8.42 Å². The third-order valence-corrected chi connectivity index (χ3v) is 4.57. The van der Waals surface area contributed by atoms with Crippen molar-refractivity contribution in [1.29, 1.82) is 5.26 Å². The van der Waals surface area contributed by atoms with Gasteiger partial charge in [0.05, 0.1) is 5.56 Å². The number of rotatable bonds is 4. The number of sulfonamides is 1. The van der Waals surface area contributed by atoms with Gasteiger partial charge in [0.25, 0.3) is 10.0 Å². The molecular weight excluding hydrogens is 284 g/mol. The largest absolute Gasteiger partial charge is 0.280 e. The molecule has 0 aliphatic heterocycles. The normalized spacial score (nSPS) is 11.1. The summed E-state index contributed by atoms with van der Waals surface area (Å²) in [5, 5.41) is 9.00. The first-order chi connectivity index (χ1) is 9.94. The van der Waals surface area contributed by atoms with Crippen LogP contribution in [0.2, 0.25) is 0 Å². The molecule has 21 heavy (non-hydrogen) atoms. The Morgan fingerprint density at radius 2 is 1.67 bits per heavy atom. The van der Waals surface area contributed by atoms with Gasteiger partial charge in [-0.2, -0.15) is 5.26 Å². The molecule has 0 heterocycles. The first-order valence-electron chi connectivity index (χ1n) is 6.56. The van der Waals surface area contributed by atoms with E-state index in [2.05, 4.69) is 18.6 Å². The Hall–Kier alpha value is -2.32. The molecule has 1 N–H and O–H groups in total. The minimum atomic E-state index is -3.76. The molecule has 0 saturated carbocycles. The quantitative estimate of drug-likeness (QED) is 0.939. The fraction of sp³-hybridized carbons (Fsp3) is 0.188. The van der Waals surface area contributed by atoms with Crippen LogP contribution in [0.3, 0.4) is 0 Å². The number of nitriles is 1. The summed E-state index contributed by atoms with van der Waals surface area (Å²) < 4.78 is 27.2. The smallest absolute Gasteiger partial charge is 0.263 e. The molecule has 2 aromatic carbocycles. The lowest BCUT2D eigenvalue weighted by atomic mass is 10.0. The van der Waals surface area contributed by atoms with E-state index < -0.39 is 10.0 Å². The Balaban J connectivity index is 2.31. The van der Waals surface area contributed by atoms with Gasteiger partial charge in [-0.25, -0.2) is 8.42 Å². The van der Waals surface area contributed by atoms with E-state index in [4.69, 9.17) is 5.26 Å². The van der Waals surface area contributed by atoms with Gasteiger partial charge in [-0.3, -0.25) is 4.72 Å². The molecule has 0 atom stereocenters. The van der Waals surface area contributed by atoms with Crippen molar-refractivity contribution < 1.29 is 8.42 Å². The van der Waals surface area contributed by atoms with Crippen LogP contribution < -0.4 is 4.72 Å². The molecule has 0 unspecified atom stereocenters. The highest BCUT2D eigenvalue weighted by molar-refractivity contribution is 7.92. The van der Waals surface area contributed by atoms with Gasteiger partial charge in [0, 0.05) is 5.69 Å². The standard InChI is InChI=1S/C16H16N2O2S/c1-12(2)13-7-9-15(10-8-13)18-21(19,20)16-6-4-3-5-14(16)11-17/h3-10,12,18H,1-2H3. The van der Waals surface area contributed by atoms with Crippen LogP contribution in [0.5, 0.6) is 0 Å². The van der Waals surface area contributed by atoms with Crippen molar-refractivity contribution in [2.45, 2.75) is 24.7 Å². The van der Waals surface area contributed by atoms with Crippen LogP contribution in [-0.2, 0) is 10.0 Å². The zero-order valence-electron chi connectivity index (χ0n) is 11.9. The van der Waals surface area contributed by atoms with E-state index in [-0.39, 0.29) is 10.5 Å². The summed E-state index contributed by atoms with van der Waals surface area (Å²) in [5.74, 6) is 0.384. The van der Waals surface area contributed by atoms with Gasteiger partial charge in [0.15, 0.2) is 0 Å². The predicted octanol–water partition coefficient (Wildman–Crippen LogP) is 3.48. The van der Waals surface area contributed by atoms with Crippen LogP contribution in [0, 0.1) is 11.3 Å². The van der Waals surface area contributed by atoms with E-state index in [0.29, 0.717) is 11.6 Å². The molecule has 0 bridgehead atoms. The van der Waals surface area contributed by atoms with Crippen molar-refractivity contribution in [3.05, 3.63) is 59.7 Å². The highest BCUT2D eigenvalue weighted by Gasteiger charge is 2.18. The number of anilines is 1. The minimum absolute atomic E-state index is 0.0135. The monoisotopic (exact) mass is 300 g/mol. The van der Waals surface area contributed by atoms with Crippen LogP contribution in [0.15, 0.2) is 53.4 Å². The molecule has 2 aromatic rings. The Labute approximate surface area is 125 Å². The van der Waals surface area contributed by atoms with E-state index in [1.165, 1.54) is 12.1 Å². The summed E-state index contributed by atoms with van der Waals surface area (Å²) in [6.07, 6.45) is 0. The van der Waals surface area contributed by atoms with Crippen LogP contribution in [0.25, 0.3) is 0 Å². The van der Waals surface area contributed by atoms with Crippen LogP contribution >= 0.6 is 0 Å². The van der Waals surface area contributed by atoms with Crippen molar-refractivity contribution in [2.24, 2.45) is 0 Å². The van der Waals surface area contributed by atoms with Crippen LogP contribution in [-0.4, -0.2) is 8.42 Å². The molecule has 0 radical (unpaired) electrons. The topological polar surface area (TPSA) is 70.0 Å². The first-order valence-corrected chi connectivity index (χ1v) is 8.04. The molecule has 0 aliphatic rings. The zero-order chi connectivity index (χ0) is 15.5. The van der Waals surface area contributed by atoms with Gasteiger partial charge < -0.3 is 0 Å². The van der Waals surface area contributed by atoms with E-state index in [1.807, 2.05) is 18.2 Å². The molecule has 0 fully saturated rings. The number of benzene rings is 2. The Bertz CT molecular complexity index is 773. The number of nitrogens with zero attached hydrogens (tertiary/aromatic N) is 1. The highest BCUT2D eigenvalue weighted by atomic mass is 32.2. The fourth-order valence-electron chi connectivity index (χ4n) is 1.94. The van der Waals surface area contributed by atoms with Crippen LogP contribution in [0.4, 0.5) is 5.69 Å². The maximum absolute atomic E-state index is 12.3. The van der Waals surface area contributed by atoms with Gasteiger partial charge in [0.1, 0.15) is 11.0 Å². The van der Waals surface area contributed by atoms with Gasteiger partial charge in [-0.1, -0.05) is 38.1 Å². The van der Waals surface area contributed by atoms with E-state index in [0.717, 1.165) is 5.56 Å². The summed E-state index contributed by atoms with van der Waals surface area (Å²) in [7, 11) is -3.76. The minimum Gasteiger partial charge on any atom is -0.280 e. The Kier molecular flexibility index (Phi) is 4.29. The number of nitrogens with one attached hydrogen (secondary N) is 1. The number of hydrogen-bond donors (Lipinski definition) is 1. The van der Waals surface area contributed by atoms with Gasteiger partial charge >= 0.3 is 0 Å². The molecule has 108 valence electrons. The lowest BCUT2D eigenvalue weighted by Crippen LogP contribution is -2.14. The van der Waals surface area contributed by atoms with Crippen molar-refractivity contribution in [2.75, 3.05) is 4.72 Å². The number of hydrogen-bond acceptors (Lipinski definition) is 3. The fourth-order valence-corrected chi connectivity index (χ4v) is 3.16. The zero-order valence-corrected chi connectivity index (χ0v) is 12.7. The van der Waals surface area contributed by atoms with E-state index in [1.54, 1.807) is 24.3 Å². The maximum atomic E-state index is 12.3. The second-order valence-electron chi connectivity index (χ2n) is 4.99. The summed E-state index contributed by atoms with van der Waals surface area (Å²) in [6, 6.07) is 15.2. The average Bonchev–Trinajstić information content (AvgIpc) is 2.47. The van der Waals surface area contributed by atoms with Crippen molar-refractivity contribution in [3.63, 3.8) is 0 Å². The van der Waals surface area contributed by atoms with Crippen molar-refractivity contribution >= 4 is 15.7 Å². The maximum Gasteiger partial charge on any atom is 0.263 e. The average molecular weight is 300 g/mol. The molecular formula is C16H16N2O2S. The summed E-state index contributed by atoms with van der Waals surface area (Å²) in [5.41, 5.74) is 1.74. The molecule has 0 amide bonds. The van der Waals surface area contributed by atoms with Gasteiger partial charge in [-0.15, -0.1) is 0 Å². The van der Waals surface area contributed by atoms with Gasteiger partial charge in [-0.05, 0) is 35.7 Å². The predicted molar refractivity (Wildman–Crippen MR) is 82.5 cm³/mol. The summed E-state index contributed by atoms with van der Waals surface area (Å²) >= 11 is 0. The second kappa shape index (κ2) is 5.98. The molecule has 0 aromatic heterocycles. The Morgan fingerprint density at radius 1 is 1.05 bits per heavy atom. The SMILES string of the molecule is CC(C)c1ccc(NS(=O)(=O)c2ccccc2C#N)cc1. The first kappa shape index (κ1) is 15.1. The Morgan fingerprint density at radius 3 is 2.24 bits per heavy atom. The lowest BCUT2D eigenvalue weighted by molar-refractivity contribution is 0.601. The third kappa shape index (κ3) is 3.41. The van der Waals surface area contributed by atoms with Crippen molar-refractivity contribution in [1.82, 2.24) is 0 Å². The van der Waals surface area contributed by atoms with Crippen molar-refractivity contribution in [3.8, 4) is 6.07 Å². The molecule has 5 heteroatoms. The summed E-state index contributed by atoms with van der Waals surface area (Å²) in [6.45, 7) is 4.14. The molecule has 2 rings (SSSR count). The molecule has 0 aliphatic carbocycles. The molecule has 4 nitrogen and oxygen atoms in total. The van der Waals surface area contributed by atoms with E-state index >= 15 is 0 Å². The summed E-state index contributed by atoms with van der Waals surface area (Å²) in [4.78, 5) is -0.0135. The van der Waals surface area contributed by atoms with Gasteiger partial charge in [0.2, 0.25) is 0 Å². The molecule has 0 saturated heterocycles. The highest BCUT2D eigenvalue weighted by Crippen LogP contribution is 2.21.